The molecule has 3 nitrogen and oxygen atoms in total. The van der Waals surface area contributed by atoms with Gasteiger partial charge in [-0.05, 0) is 41.3 Å². The maximum Gasteiger partial charge on any atom is 0.335 e. The number of thioether (sulfide) groups is 1. The Morgan fingerprint density at radius 1 is 1.17 bits per heavy atom. The van der Waals surface area contributed by atoms with Crippen LogP contribution in [0.25, 0.3) is 0 Å². The minimum absolute atomic E-state index is 0.241. The van der Waals surface area contributed by atoms with Crippen molar-refractivity contribution in [3.63, 3.8) is 0 Å². The van der Waals surface area contributed by atoms with Gasteiger partial charge in [-0.25, -0.2) is 4.79 Å². The first kappa shape index (κ1) is 23.0. The van der Waals surface area contributed by atoms with Crippen LogP contribution in [0, 0.1) is 0 Å². The topological polar surface area (TPSA) is 57.5 Å². The van der Waals surface area contributed by atoms with E-state index in [1.165, 1.54) is 30.6 Å². The first-order valence-corrected chi connectivity index (χ1v) is 13.2. The molecule has 0 bridgehead atoms. The van der Waals surface area contributed by atoms with Gasteiger partial charge in [0.1, 0.15) is 0 Å². The van der Waals surface area contributed by atoms with E-state index >= 15 is 0 Å². The van der Waals surface area contributed by atoms with E-state index in [0.717, 1.165) is 6.04 Å². The third-order valence-electron chi connectivity index (χ3n) is 3.10. The van der Waals surface area contributed by atoms with Crippen molar-refractivity contribution in [2.75, 3.05) is 12.4 Å². The van der Waals surface area contributed by atoms with Crippen molar-refractivity contribution in [2.45, 2.75) is 51.9 Å². The summed E-state index contributed by atoms with van der Waals surface area (Å²) in [5, 5.41) is 19.8. The average Bonchev–Trinajstić information content (AvgIpc) is 2.54. The van der Waals surface area contributed by atoms with E-state index in [1.807, 2.05) is 11.8 Å². The third-order valence-corrected chi connectivity index (χ3v) is 5.64. The highest BCUT2D eigenvalue weighted by Crippen LogP contribution is 2.19. The molecule has 0 aliphatic rings. The molecule has 0 spiro atoms. The molecule has 24 heavy (non-hydrogen) atoms. The van der Waals surface area contributed by atoms with Crippen LogP contribution in [-0.2, 0) is 0 Å². The number of carbonyl (C=O) groups is 1. The number of carboxylic acids is 1. The molecule has 2 N–H and O–H groups in total. The molecular weight excluding hydrogens is 336 g/mol. The number of unbranched alkanes of at least 4 members (excludes halogenated alkanes) is 2. The molecule has 5 heteroatoms. The van der Waals surface area contributed by atoms with Crippen molar-refractivity contribution in [3.05, 3.63) is 46.9 Å². The summed E-state index contributed by atoms with van der Waals surface area (Å²) >= 11 is 1.87. The normalized spacial score (nSPS) is 11.6. The predicted molar refractivity (Wildman–Crippen MR) is 109 cm³/mol. The molecule has 1 rings (SSSR count). The summed E-state index contributed by atoms with van der Waals surface area (Å²) in [5.74, 6) is 0.318. The van der Waals surface area contributed by atoms with Crippen LogP contribution < -0.4 is 0 Å². The summed E-state index contributed by atoms with van der Waals surface area (Å²) in [7, 11) is -1.06. The van der Waals surface area contributed by atoms with E-state index in [1.54, 1.807) is 30.3 Å². The highest BCUT2D eigenvalue weighted by Gasteiger charge is 2.14. The SMILES string of the molecule is CCCCCSC=C(CO)C[Si](C)(C)C.O=C(O)c1ccccc1. The largest absolute Gasteiger partial charge is 0.478 e. The summed E-state index contributed by atoms with van der Waals surface area (Å²) < 4.78 is 0. The quantitative estimate of drug-likeness (QED) is 0.446. The van der Waals surface area contributed by atoms with Gasteiger partial charge < -0.3 is 10.2 Å². The van der Waals surface area contributed by atoms with Crippen LogP contribution in [0.4, 0.5) is 0 Å². The Morgan fingerprint density at radius 2 is 1.79 bits per heavy atom. The molecule has 0 aromatic heterocycles. The van der Waals surface area contributed by atoms with Crippen LogP contribution in [0.1, 0.15) is 36.5 Å². The molecule has 1 aromatic carbocycles. The molecule has 136 valence electrons. The number of aromatic carboxylic acids is 1. The summed E-state index contributed by atoms with van der Waals surface area (Å²) in [4.78, 5) is 10.2. The molecule has 0 saturated heterocycles. The van der Waals surface area contributed by atoms with Crippen molar-refractivity contribution < 1.29 is 15.0 Å². The first-order chi connectivity index (χ1) is 11.3. The van der Waals surface area contributed by atoms with Crippen molar-refractivity contribution in [1.82, 2.24) is 0 Å². The molecule has 0 unspecified atom stereocenters. The molecule has 0 heterocycles. The monoisotopic (exact) mass is 368 g/mol. The van der Waals surface area contributed by atoms with Gasteiger partial charge in [-0.3, -0.25) is 0 Å². The Kier molecular flexibility index (Phi) is 12.7. The number of benzene rings is 1. The smallest absolute Gasteiger partial charge is 0.335 e. The fourth-order valence-corrected chi connectivity index (χ4v) is 4.62. The molecular formula is C19H32O3SSi. The van der Waals surface area contributed by atoms with Crippen LogP contribution in [-0.4, -0.2) is 36.6 Å². The highest BCUT2D eigenvalue weighted by atomic mass is 32.2. The Labute approximate surface area is 152 Å². The molecule has 1 aromatic rings. The molecule has 0 radical (unpaired) electrons. The van der Waals surface area contributed by atoms with Gasteiger partial charge >= 0.3 is 5.97 Å². The predicted octanol–water partition coefficient (Wildman–Crippen LogP) is 5.51. The summed E-state index contributed by atoms with van der Waals surface area (Å²) in [5.41, 5.74) is 1.56. The van der Waals surface area contributed by atoms with Crippen LogP contribution in [0.2, 0.25) is 25.7 Å². The summed E-state index contributed by atoms with van der Waals surface area (Å²) in [6.07, 6.45) is 3.90. The number of aliphatic hydroxyl groups excluding tert-OH is 1. The minimum Gasteiger partial charge on any atom is -0.478 e. The highest BCUT2D eigenvalue weighted by molar-refractivity contribution is 8.02. The Balaban J connectivity index is 0.000000496. The Bertz CT molecular complexity index is 481. The zero-order valence-corrected chi connectivity index (χ0v) is 17.2. The molecule has 0 aliphatic heterocycles. The number of aliphatic hydroxyl groups is 1. The summed E-state index contributed by atoms with van der Waals surface area (Å²) in [6, 6.07) is 9.42. The van der Waals surface area contributed by atoms with Crippen molar-refractivity contribution >= 4 is 25.8 Å². The van der Waals surface area contributed by atoms with Crippen molar-refractivity contribution in [2.24, 2.45) is 0 Å². The number of carboxylic acid groups (broad SMARTS) is 1. The second-order valence-corrected chi connectivity index (χ2v) is 13.4. The Morgan fingerprint density at radius 3 is 2.21 bits per heavy atom. The second kappa shape index (κ2) is 13.3. The number of hydrogen-bond donors (Lipinski definition) is 2. The van der Waals surface area contributed by atoms with Gasteiger partial charge in [0.05, 0.1) is 12.2 Å². The van der Waals surface area contributed by atoms with Gasteiger partial charge in [-0.15, -0.1) is 11.8 Å². The maximum atomic E-state index is 10.2. The van der Waals surface area contributed by atoms with E-state index < -0.39 is 14.0 Å². The lowest BCUT2D eigenvalue weighted by Gasteiger charge is -2.16. The van der Waals surface area contributed by atoms with Crippen molar-refractivity contribution in [1.29, 1.82) is 0 Å². The fraction of sp³-hybridized carbons (Fsp3) is 0.526. The lowest BCUT2D eigenvalue weighted by atomic mass is 10.2. The standard InChI is InChI=1S/C12H26OSSi.C7H6O2/c1-5-6-7-8-14-10-12(9-13)11-15(2,3)4;8-7(9)6-4-2-1-3-5-6/h10,13H,5-9,11H2,1-4H3;1-5H,(H,8,9). The van der Waals surface area contributed by atoms with E-state index in [9.17, 15) is 9.90 Å². The van der Waals surface area contributed by atoms with Gasteiger partial charge in [-0.2, -0.15) is 0 Å². The van der Waals surface area contributed by atoms with Crippen LogP contribution >= 0.6 is 11.8 Å². The summed E-state index contributed by atoms with van der Waals surface area (Å²) in [6.45, 7) is 9.50. The second-order valence-electron chi connectivity index (χ2n) is 6.92. The van der Waals surface area contributed by atoms with E-state index in [2.05, 4.69) is 32.0 Å². The van der Waals surface area contributed by atoms with Gasteiger partial charge in [0.25, 0.3) is 0 Å². The van der Waals surface area contributed by atoms with Gasteiger partial charge in [0.15, 0.2) is 0 Å². The molecule has 0 saturated carbocycles. The van der Waals surface area contributed by atoms with Crippen molar-refractivity contribution in [3.8, 4) is 0 Å². The lowest BCUT2D eigenvalue weighted by Crippen LogP contribution is -2.20. The number of rotatable bonds is 9. The van der Waals surface area contributed by atoms with E-state index in [4.69, 9.17) is 5.11 Å². The average molecular weight is 369 g/mol. The lowest BCUT2D eigenvalue weighted by molar-refractivity contribution is 0.0697. The zero-order chi connectivity index (χ0) is 18.4. The zero-order valence-electron chi connectivity index (χ0n) is 15.4. The number of hydrogen-bond acceptors (Lipinski definition) is 3. The van der Waals surface area contributed by atoms with E-state index in [0.29, 0.717) is 5.56 Å². The van der Waals surface area contributed by atoms with Gasteiger partial charge in [-0.1, -0.05) is 57.6 Å². The fourth-order valence-electron chi connectivity index (χ4n) is 2.01. The van der Waals surface area contributed by atoms with Crippen LogP contribution in [0.3, 0.4) is 0 Å². The minimum atomic E-state index is -1.06. The maximum absolute atomic E-state index is 10.2. The van der Waals surface area contributed by atoms with Crippen LogP contribution in [0.5, 0.6) is 0 Å². The van der Waals surface area contributed by atoms with Crippen LogP contribution in [0.15, 0.2) is 41.3 Å². The first-order valence-electron chi connectivity index (χ1n) is 8.49. The third kappa shape index (κ3) is 13.4. The van der Waals surface area contributed by atoms with Gasteiger partial charge in [0.2, 0.25) is 0 Å². The Hall–Kier alpha value is -1.04. The van der Waals surface area contributed by atoms with E-state index in [-0.39, 0.29) is 6.61 Å². The molecule has 0 aliphatic carbocycles. The molecule has 0 atom stereocenters. The molecule has 0 amide bonds. The van der Waals surface area contributed by atoms with Gasteiger partial charge in [0, 0.05) is 8.07 Å². The molecule has 0 fully saturated rings.